The Morgan fingerprint density at radius 1 is 1.47 bits per heavy atom. The van der Waals surface area contributed by atoms with E-state index in [1.54, 1.807) is 27.0 Å². The van der Waals surface area contributed by atoms with Gasteiger partial charge in [-0.2, -0.15) is 0 Å². The maximum absolute atomic E-state index is 13.7. The quantitative estimate of drug-likeness (QED) is 0.719. The first-order valence-electron chi connectivity index (χ1n) is 5.83. The van der Waals surface area contributed by atoms with Crippen LogP contribution in [0.25, 0.3) is 0 Å². The van der Waals surface area contributed by atoms with E-state index in [0.29, 0.717) is 12.2 Å². The Hall–Kier alpha value is -1.69. The number of carbonyl (C=O) groups is 1. The highest BCUT2D eigenvalue weighted by molar-refractivity contribution is 7.80. The number of nitrogens with one attached hydrogen (secondary N) is 2. The lowest BCUT2D eigenvalue weighted by Crippen LogP contribution is -2.39. The molecule has 6 heteroatoms. The van der Waals surface area contributed by atoms with Crippen LogP contribution in [0.15, 0.2) is 18.2 Å². The first-order valence-corrected chi connectivity index (χ1v) is 6.24. The van der Waals surface area contributed by atoms with Crippen molar-refractivity contribution in [2.45, 2.75) is 13.8 Å². The van der Waals surface area contributed by atoms with E-state index in [1.165, 1.54) is 12.1 Å². The summed E-state index contributed by atoms with van der Waals surface area (Å²) in [5.41, 5.74) is 5.59. The maximum Gasteiger partial charge on any atom is 0.227 e. The van der Waals surface area contributed by atoms with Crippen molar-refractivity contribution in [1.29, 1.82) is 0 Å². The van der Waals surface area contributed by atoms with Crippen LogP contribution in [0.2, 0.25) is 0 Å². The molecule has 0 unspecified atom stereocenters. The Labute approximate surface area is 117 Å². The zero-order valence-electron chi connectivity index (χ0n) is 11.2. The van der Waals surface area contributed by atoms with E-state index >= 15 is 0 Å². The fourth-order valence-electron chi connectivity index (χ4n) is 1.57. The van der Waals surface area contributed by atoms with Crippen LogP contribution in [0.3, 0.4) is 0 Å². The standard InChI is InChI=1S/C13H18FN3OS/c1-13(2,12(18)16-3)7-17-8-4-5-9(11(15)19)10(14)6-8/h4-6,17H,7H2,1-3H3,(H2,15,19)(H,16,18). The molecule has 0 heterocycles. The Kier molecular flexibility index (Phi) is 4.83. The zero-order valence-corrected chi connectivity index (χ0v) is 12.0. The van der Waals surface area contributed by atoms with E-state index in [4.69, 9.17) is 18.0 Å². The molecule has 0 spiro atoms. The Morgan fingerprint density at radius 2 is 2.11 bits per heavy atom. The van der Waals surface area contributed by atoms with Crippen molar-refractivity contribution < 1.29 is 9.18 Å². The fraction of sp³-hybridized carbons (Fsp3) is 0.385. The number of halogens is 1. The van der Waals surface area contributed by atoms with Crippen LogP contribution in [0.5, 0.6) is 0 Å². The normalized spacial score (nSPS) is 10.9. The third-order valence-electron chi connectivity index (χ3n) is 2.81. The summed E-state index contributed by atoms with van der Waals surface area (Å²) in [5, 5.41) is 5.61. The first kappa shape index (κ1) is 15.4. The highest BCUT2D eigenvalue weighted by Gasteiger charge is 2.26. The predicted octanol–water partition coefficient (Wildman–Crippen LogP) is 1.64. The van der Waals surface area contributed by atoms with Crippen LogP contribution >= 0.6 is 12.2 Å². The van der Waals surface area contributed by atoms with Gasteiger partial charge >= 0.3 is 0 Å². The molecule has 4 nitrogen and oxygen atoms in total. The SMILES string of the molecule is CNC(=O)C(C)(C)CNc1ccc(C(N)=S)c(F)c1. The number of carbonyl (C=O) groups excluding carboxylic acids is 1. The number of nitrogens with two attached hydrogens (primary N) is 1. The second kappa shape index (κ2) is 5.97. The van der Waals surface area contributed by atoms with E-state index in [9.17, 15) is 9.18 Å². The molecular formula is C13H18FN3OS. The Balaban J connectivity index is 2.77. The van der Waals surface area contributed by atoms with E-state index in [-0.39, 0.29) is 16.5 Å². The minimum atomic E-state index is -0.590. The average molecular weight is 283 g/mol. The van der Waals surface area contributed by atoms with Gasteiger partial charge in [0, 0.05) is 24.8 Å². The van der Waals surface area contributed by atoms with Crippen molar-refractivity contribution >= 4 is 28.8 Å². The number of thiocarbonyl (C=S) groups is 1. The summed E-state index contributed by atoms with van der Waals surface area (Å²) in [6.45, 7) is 4.00. The van der Waals surface area contributed by atoms with Crippen LogP contribution in [0.4, 0.5) is 10.1 Å². The Morgan fingerprint density at radius 3 is 2.58 bits per heavy atom. The van der Waals surface area contributed by atoms with Crippen molar-refractivity contribution in [1.82, 2.24) is 5.32 Å². The van der Waals surface area contributed by atoms with E-state index in [1.807, 2.05) is 0 Å². The molecule has 19 heavy (non-hydrogen) atoms. The molecule has 1 rings (SSSR count). The second-order valence-electron chi connectivity index (χ2n) is 4.88. The molecule has 0 radical (unpaired) electrons. The molecule has 0 saturated heterocycles. The lowest BCUT2D eigenvalue weighted by atomic mass is 9.92. The predicted molar refractivity (Wildman–Crippen MR) is 78.6 cm³/mol. The van der Waals surface area contributed by atoms with Gasteiger partial charge in [-0.15, -0.1) is 0 Å². The van der Waals surface area contributed by atoms with Crippen molar-refractivity contribution in [2.75, 3.05) is 18.9 Å². The van der Waals surface area contributed by atoms with E-state index in [2.05, 4.69) is 10.6 Å². The molecule has 0 aromatic heterocycles. The Bertz CT molecular complexity index is 503. The number of benzene rings is 1. The van der Waals surface area contributed by atoms with E-state index in [0.717, 1.165) is 0 Å². The van der Waals surface area contributed by atoms with Crippen LogP contribution in [0.1, 0.15) is 19.4 Å². The average Bonchev–Trinajstić information content (AvgIpc) is 2.35. The molecule has 0 aliphatic rings. The highest BCUT2D eigenvalue weighted by Crippen LogP contribution is 2.19. The van der Waals surface area contributed by atoms with Gasteiger partial charge in [-0.25, -0.2) is 4.39 Å². The van der Waals surface area contributed by atoms with Crippen LogP contribution in [-0.4, -0.2) is 24.5 Å². The lowest BCUT2D eigenvalue weighted by Gasteiger charge is -2.23. The summed E-state index contributed by atoms with van der Waals surface area (Å²) in [7, 11) is 1.58. The molecular weight excluding hydrogens is 265 g/mol. The van der Waals surface area contributed by atoms with Gasteiger partial charge in [-0.1, -0.05) is 12.2 Å². The van der Waals surface area contributed by atoms with Crippen molar-refractivity contribution in [3.05, 3.63) is 29.6 Å². The lowest BCUT2D eigenvalue weighted by molar-refractivity contribution is -0.128. The number of hydrogen-bond donors (Lipinski definition) is 3. The van der Waals surface area contributed by atoms with Gasteiger partial charge in [0.2, 0.25) is 5.91 Å². The third kappa shape index (κ3) is 3.89. The van der Waals surface area contributed by atoms with Gasteiger partial charge in [0.25, 0.3) is 0 Å². The molecule has 0 bridgehead atoms. The molecule has 1 aromatic rings. The van der Waals surface area contributed by atoms with Gasteiger partial charge in [0.15, 0.2) is 0 Å². The summed E-state index contributed by atoms with van der Waals surface area (Å²) >= 11 is 4.73. The van der Waals surface area contributed by atoms with Crippen molar-refractivity contribution in [2.24, 2.45) is 11.1 Å². The number of rotatable bonds is 5. The molecule has 0 saturated carbocycles. The van der Waals surface area contributed by atoms with Gasteiger partial charge in [-0.3, -0.25) is 4.79 Å². The van der Waals surface area contributed by atoms with Crippen molar-refractivity contribution in [3.63, 3.8) is 0 Å². The first-order chi connectivity index (χ1) is 8.77. The van der Waals surface area contributed by atoms with E-state index < -0.39 is 11.2 Å². The van der Waals surface area contributed by atoms with Crippen LogP contribution in [-0.2, 0) is 4.79 Å². The highest BCUT2D eigenvalue weighted by atomic mass is 32.1. The minimum Gasteiger partial charge on any atom is -0.389 e. The summed E-state index contributed by atoms with van der Waals surface area (Å²) in [6, 6.07) is 4.51. The summed E-state index contributed by atoms with van der Waals surface area (Å²) in [4.78, 5) is 11.6. The molecule has 0 aliphatic carbocycles. The summed E-state index contributed by atoms with van der Waals surface area (Å²) < 4.78 is 13.7. The second-order valence-corrected chi connectivity index (χ2v) is 5.32. The number of amides is 1. The van der Waals surface area contributed by atoms with Gasteiger partial charge in [0.1, 0.15) is 10.8 Å². The number of hydrogen-bond acceptors (Lipinski definition) is 3. The number of anilines is 1. The molecule has 4 N–H and O–H groups in total. The van der Waals surface area contributed by atoms with Crippen LogP contribution in [0, 0.1) is 11.2 Å². The molecule has 0 atom stereocenters. The van der Waals surface area contributed by atoms with Crippen LogP contribution < -0.4 is 16.4 Å². The van der Waals surface area contributed by atoms with Gasteiger partial charge in [-0.05, 0) is 32.0 Å². The van der Waals surface area contributed by atoms with Gasteiger partial charge < -0.3 is 16.4 Å². The molecule has 1 amide bonds. The summed E-state index contributed by atoms with van der Waals surface area (Å²) in [6.07, 6.45) is 0. The molecule has 104 valence electrons. The van der Waals surface area contributed by atoms with Gasteiger partial charge in [0.05, 0.1) is 5.41 Å². The topological polar surface area (TPSA) is 67.2 Å². The summed E-state index contributed by atoms with van der Waals surface area (Å²) in [5.74, 6) is -0.560. The monoisotopic (exact) mass is 283 g/mol. The smallest absolute Gasteiger partial charge is 0.227 e. The van der Waals surface area contributed by atoms with Crippen molar-refractivity contribution in [3.8, 4) is 0 Å². The zero-order chi connectivity index (χ0) is 14.6. The third-order valence-corrected chi connectivity index (χ3v) is 3.03. The molecule has 0 aliphatic heterocycles. The minimum absolute atomic E-state index is 0.0229. The molecule has 1 aromatic carbocycles. The maximum atomic E-state index is 13.7. The largest absolute Gasteiger partial charge is 0.389 e. The fourth-order valence-corrected chi connectivity index (χ4v) is 1.73. The molecule has 0 fully saturated rings.